The molecule has 3 aromatic rings. The highest BCUT2D eigenvalue weighted by atomic mass is 32.1. The molecule has 0 bridgehead atoms. The van der Waals surface area contributed by atoms with Gasteiger partial charge in [0.25, 0.3) is 0 Å². The van der Waals surface area contributed by atoms with Crippen molar-refractivity contribution in [3.63, 3.8) is 0 Å². The fourth-order valence-electron chi connectivity index (χ4n) is 2.10. The second-order valence-electron chi connectivity index (χ2n) is 4.79. The Morgan fingerprint density at radius 2 is 2.09 bits per heavy atom. The first kappa shape index (κ1) is 15.1. The fraction of sp³-hybridized carbons (Fsp3) is 0.0625. The number of aliphatic hydroxyl groups excluding tert-OH is 1. The van der Waals surface area contributed by atoms with Gasteiger partial charge < -0.3 is 5.11 Å². The highest BCUT2D eigenvalue weighted by Gasteiger charge is 2.14. The van der Waals surface area contributed by atoms with Gasteiger partial charge in [0.05, 0.1) is 4.88 Å². The third kappa shape index (κ3) is 3.51. The number of nitrogens with one attached hydrogen (secondary N) is 1. The van der Waals surface area contributed by atoms with Crippen molar-refractivity contribution in [3.05, 3.63) is 75.8 Å². The number of rotatable bonds is 5. The summed E-state index contributed by atoms with van der Waals surface area (Å²) in [6.07, 6.45) is 2.93. The van der Waals surface area contributed by atoms with E-state index in [0.717, 1.165) is 17.2 Å². The Labute approximate surface area is 135 Å². The Balaban J connectivity index is 1.81. The normalized spacial score (nSPS) is 11.6. The maximum Gasteiger partial charge on any atom is 0.215 e. The van der Waals surface area contributed by atoms with E-state index in [0.29, 0.717) is 11.3 Å². The molecule has 0 radical (unpaired) electrons. The summed E-state index contributed by atoms with van der Waals surface area (Å²) in [4.78, 5) is 16.6. The molecule has 0 saturated carbocycles. The van der Waals surface area contributed by atoms with E-state index in [4.69, 9.17) is 0 Å². The molecule has 0 aliphatic carbocycles. The molecule has 0 amide bonds. The number of aromatic nitrogens is 3. The van der Waals surface area contributed by atoms with E-state index in [9.17, 15) is 14.3 Å². The van der Waals surface area contributed by atoms with Crippen molar-refractivity contribution in [1.29, 1.82) is 0 Å². The Bertz CT molecular complexity index is 839. The molecule has 0 fully saturated rings. The zero-order valence-electron chi connectivity index (χ0n) is 11.9. The average molecular weight is 329 g/mol. The molecule has 1 aromatic carbocycles. The number of halogens is 1. The van der Waals surface area contributed by atoms with Gasteiger partial charge in [-0.3, -0.25) is 9.89 Å². The summed E-state index contributed by atoms with van der Waals surface area (Å²) in [5.41, 5.74) is 1.73. The molecule has 0 atom stereocenters. The lowest BCUT2D eigenvalue weighted by atomic mass is 10.0. The van der Waals surface area contributed by atoms with Gasteiger partial charge in [0.15, 0.2) is 11.5 Å². The van der Waals surface area contributed by atoms with Crippen LogP contribution in [-0.4, -0.2) is 26.1 Å². The molecular formula is C16H12FN3O2S. The van der Waals surface area contributed by atoms with Crippen LogP contribution >= 0.6 is 11.3 Å². The molecule has 2 aromatic heterocycles. The van der Waals surface area contributed by atoms with E-state index in [1.807, 2.05) is 11.4 Å². The number of benzene rings is 1. The minimum Gasteiger partial charge on any atom is -0.504 e. The smallest absolute Gasteiger partial charge is 0.215 e. The zero-order chi connectivity index (χ0) is 16.2. The van der Waals surface area contributed by atoms with E-state index >= 15 is 0 Å². The average Bonchev–Trinajstić information content (AvgIpc) is 3.20. The molecule has 0 aliphatic heterocycles. The minimum absolute atomic E-state index is 0.0648. The van der Waals surface area contributed by atoms with Gasteiger partial charge in [0.2, 0.25) is 5.82 Å². The maximum absolute atomic E-state index is 12.9. The molecule has 0 spiro atoms. The van der Waals surface area contributed by atoms with Crippen LogP contribution < -0.4 is 0 Å². The molecule has 0 aliphatic rings. The number of carbonyl (C=O) groups is 1. The molecule has 0 saturated heterocycles. The molecule has 7 heteroatoms. The topological polar surface area (TPSA) is 78.9 Å². The molecular weight excluding hydrogens is 317 g/mol. The van der Waals surface area contributed by atoms with Gasteiger partial charge in [-0.1, -0.05) is 12.1 Å². The number of H-pyrrole nitrogens is 1. The molecule has 3 rings (SSSR count). The quantitative estimate of drug-likeness (QED) is 0.427. The van der Waals surface area contributed by atoms with Crippen LogP contribution in [-0.2, 0) is 6.42 Å². The summed E-state index contributed by atoms with van der Waals surface area (Å²) in [5, 5.41) is 17.8. The number of aromatic amines is 1. The number of allylic oxidation sites excluding steroid dienone is 1. The van der Waals surface area contributed by atoms with Gasteiger partial charge in [0.1, 0.15) is 12.1 Å². The lowest BCUT2D eigenvalue weighted by molar-refractivity contribution is 0.104. The largest absolute Gasteiger partial charge is 0.504 e. The SMILES string of the molecule is O=C(C=C(O)c1nc[nH]n1)c1sccc1Cc1ccc(F)cc1. The minimum atomic E-state index is -0.320. The first-order chi connectivity index (χ1) is 11.1. The lowest BCUT2D eigenvalue weighted by Gasteiger charge is -2.02. The number of ketones is 1. The summed E-state index contributed by atoms with van der Waals surface area (Å²) in [6, 6.07) is 7.99. The van der Waals surface area contributed by atoms with Crippen molar-refractivity contribution in [2.45, 2.75) is 6.42 Å². The number of nitrogens with zero attached hydrogens (tertiary/aromatic N) is 2. The third-order valence-electron chi connectivity index (χ3n) is 3.19. The van der Waals surface area contributed by atoms with Crippen molar-refractivity contribution < 1.29 is 14.3 Å². The van der Waals surface area contributed by atoms with Crippen molar-refractivity contribution in [1.82, 2.24) is 15.2 Å². The highest BCUT2D eigenvalue weighted by Crippen LogP contribution is 2.22. The molecule has 23 heavy (non-hydrogen) atoms. The van der Waals surface area contributed by atoms with Gasteiger partial charge in [0, 0.05) is 6.08 Å². The highest BCUT2D eigenvalue weighted by molar-refractivity contribution is 7.12. The van der Waals surface area contributed by atoms with Crippen LogP contribution in [0.2, 0.25) is 0 Å². The van der Waals surface area contributed by atoms with E-state index in [1.54, 1.807) is 12.1 Å². The van der Waals surface area contributed by atoms with E-state index in [2.05, 4.69) is 15.2 Å². The van der Waals surface area contributed by atoms with Crippen LogP contribution in [0.4, 0.5) is 4.39 Å². The van der Waals surface area contributed by atoms with Crippen LogP contribution in [0.3, 0.4) is 0 Å². The maximum atomic E-state index is 12.9. The standard InChI is InChI=1S/C16H12FN3O2S/c17-12-3-1-10(2-4-12)7-11-5-6-23-15(11)13(21)8-14(22)16-18-9-19-20-16/h1-6,8-9,22H,7H2,(H,18,19,20). The molecule has 116 valence electrons. The molecule has 5 nitrogen and oxygen atoms in total. The zero-order valence-corrected chi connectivity index (χ0v) is 12.7. The lowest BCUT2D eigenvalue weighted by Crippen LogP contribution is -1.99. The number of thiophene rings is 1. The van der Waals surface area contributed by atoms with Crippen LogP contribution in [0.1, 0.15) is 26.6 Å². The van der Waals surface area contributed by atoms with Gasteiger partial charge in [-0.15, -0.1) is 11.3 Å². The predicted molar refractivity (Wildman–Crippen MR) is 84.8 cm³/mol. The van der Waals surface area contributed by atoms with E-state index < -0.39 is 0 Å². The van der Waals surface area contributed by atoms with Gasteiger partial charge >= 0.3 is 0 Å². The van der Waals surface area contributed by atoms with E-state index in [-0.39, 0.29) is 23.2 Å². The molecule has 2 N–H and O–H groups in total. The van der Waals surface area contributed by atoms with Gasteiger partial charge in [-0.25, -0.2) is 9.37 Å². The Morgan fingerprint density at radius 1 is 1.30 bits per heavy atom. The fourth-order valence-corrected chi connectivity index (χ4v) is 2.93. The second kappa shape index (κ2) is 6.53. The number of aliphatic hydroxyl groups is 1. The van der Waals surface area contributed by atoms with Crippen molar-refractivity contribution in [3.8, 4) is 0 Å². The number of carbonyl (C=O) groups excluding carboxylic acids is 1. The summed E-state index contributed by atoms with van der Waals surface area (Å²) in [6.45, 7) is 0. The monoisotopic (exact) mass is 329 g/mol. The second-order valence-corrected chi connectivity index (χ2v) is 5.71. The van der Waals surface area contributed by atoms with Crippen molar-refractivity contribution >= 4 is 22.9 Å². The molecule has 2 heterocycles. The van der Waals surface area contributed by atoms with E-state index in [1.165, 1.54) is 29.8 Å². The summed E-state index contributed by atoms with van der Waals surface area (Å²) in [7, 11) is 0. The van der Waals surface area contributed by atoms with Crippen LogP contribution in [0.25, 0.3) is 5.76 Å². The van der Waals surface area contributed by atoms with Crippen LogP contribution in [0, 0.1) is 5.82 Å². The Hall–Kier alpha value is -2.80. The summed E-state index contributed by atoms with van der Waals surface area (Å²) < 4.78 is 12.9. The number of hydrogen-bond donors (Lipinski definition) is 2. The van der Waals surface area contributed by atoms with Crippen LogP contribution in [0.5, 0.6) is 0 Å². The van der Waals surface area contributed by atoms with Crippen molar-refractivity contribution in [2.24, 2.45) is 0 Å². The predicted octanol–water partition coefficient (Wildman–Crippen LogP) is 3.38. The first-order valence-electron chi connectivity index (χ1n) is 6.75. The Morgan fingerprint density at radius 3 is 2.78 bits per heavy atom. The third-order valence-corrected chi connectivity index (χ3v) is 4.16. The summed E-state index contributed by atoms with van der Waals surface area (Å²) in [5.74, 6) is -0.846. The summed E-state index contributed by atoms with van der Waals surface area (Å²) >= 11 is 1.29. The van der Waals surface area contributed by atoms with Crippen molar-refractivity contribution in [2.75, 3.05) is 0 Å². The molecule has 0 unspecified atom stereocenters. The van der Waals surface area contributed by atoms with Crippen LogP contribution in [0.15, 0.2) is 48.1 Å². The number of hydrogen-bond acceptors (Lipinski definition) is 5. The van der Waals surface area contributed by atoms with Gasteiger partial charge in [-0.2, -0.15) is 5.10 Å². The Kier molecular flexibility index (Phi) is 4.29. The van der Waals surface area contributed by atoms with Gasteiger partial charge in [-0.05, 0) is 41.1 Å². The first-order valence-corrected chi connectivity index (χ1v) is 7.63.